The largest absolute Gasteiger partial charge is 0.462 e. The number of carbonyl (C=O) groups excluding carboxylic acids is 5. The molecule has 15 heteroatoms. The topological polar surface area (TPSA) is 195 Å². The van der Waals surface area contributed by atoms with Crippen LogP contribution in [0.25, 0.3) is 16.7 Å². The quantitative estimate of drug-likeness (QED) is 0.273. The van der Waals surface area contributed by atoms with Gasteiger partial charge in [0, 0.05) is 34.6 Å². The van der Waals surface area contributed by atoms with E-state index < -0.39 is 66.4 Å². The maximum Gasteiger partial charge on any atom is 0.303 e. The average Bonchev–Trinajstić information content (AvgIpc) is 3.25. The van der Waals surface area contributed by atoms with E-state index in [0.29, 0.717) is 5.52 Å². The number of benzene rings is 1. The fourth-order valence-corrected chi connectivity index (χ4v) is 3.92. The number of para-hydroxylation sites is 1. The summed E-state index contributed by atoms with van der Waals surface area (Å²) in [6.45, 7) is 4.72. The highest BCUT2D eigenvalue weighted by molar-refractivity contribution is 5.80. The second kappa shape index (κ2) is 12.1. The van der Waals surface area contributed by atoms with Crippen LogP contribution in [0.15, 0.2) is 29.1 Å². The van der Waals surface area contributed by atoms with Crippen molar-refractivity contribution in [3.63, 3.8) is 0 Å². The summed E-state index contributed by atoms with van der Waals surface area (Å²) in [5, 5.41) is 8.26. The lowest BCUT2D eigenvalue weighted by atomic mass is 10.0. The third-order valence-electron chi connectivity index (χ3n) is 5.21. The molecule has 0 radical (unpaired) electrons. The summed E-state index contributed by atoms with van der Waals surface area (Å²) in [7, 11) is 0. The first-order valence-electron chi connectivity index (χ1n) is 11.6. The minimum atomic E-state index is -1.70. The van der Waals surface area contributed by atoms with Gasteiger partial charge in [-0.15, -0.1) is 10.2 Å². The first kappa shape index (κ1) is 28.7. The van der Waals surface area contributed by atoms with Gasteiger partial charge < -0.3 is 23.7 Å². The van der Waals surface area contributed by atoms with Gasteiger partial charge in [-0.25, -0.2) is 0 Å². The molecule has 0 saturated carbocycles. The van der Waals surface area contributed by atoms with Gasteiger partial charge in [-0.05, 0) is 12.1 Å². The zero-order valence-electron chi connectivity index (χ0n) is 21.7. The van der Waals surface area contributed by atoms with Crippen molar-refractivity contribution >= 4 is 46.5 Å². The Kier molecular flexibility index (Phi) is 8.96. The standard InChI is InChI=1S/C24H26N4O11/c1-11(29)35-10-18(36-12(2)30)19(37-13(3)31)20(38-14(4)32)21(39-15(5)33)22-26-27-24-25-23(34)16-8-6-7-9-17(16)28(22)24/h6-9,18-21H,10H2,1-5H3,(H,25,27,34)/t18-,19-,20+,21-/m1/s1. The van der Waals surface area contributed by atoms with Crippen molar-refractivity contribution < 1.29 is 47.7 Å². The van der Waals surface area contributed by atoms with Gasteiger partial charge in [-0.3, -0.25) is 38.2 Å². The van der Waals surface area contributed by atoms with Crippen LogP contribution in [-0.2, 0) is 47.7 Å². The second-order valence-electron chi connectivity index (χ2n) is 8.32. The number of carbonyl (C=O) groups is 5. The number of hydrogen-bond donors (Lipinski definition) is 1. The van der Waals surface area contributed by atoms with Crippen LogP contribution in [0.2, 0.25) is 0 Å². The molecule has 208 valence electrons. The van der Waals surface area contributed by atoms with Gasteiger partial charge in [0.2, 0.25) is 11.9 Å². The maximum atomic E-state index is 12.5. The zero-order chi connectivity index (χ0) is 28.9. The van der Waals surface area contributed by atoms with E-state index in [9.17, 15) is 28.8 Å². The van der Waals surface area contributed by atoms with E-state index in [4.69, 9.17) is 23.7 Å². The molecule has 0 aliphatic rings. The fraction of sp³-hybridized carbons (Fsp3) is 0.417. The van der Waals surface area contributed by atoms with Crippen molar-refractivity contribution in [2.24, 2.45) is 0 Å². The van der Waals surface area contributed by atoms with E-state index in [1.54, 1.807) is 24.3 Å². The van der Waals surface area contributed by atoms with Gasteiger partial charge in [-0.1, -0.05) is 12.1 Å². The highest BCUT2D eigenvalue weighted by Crippen LogP contribution is 2.30. The van der Waals surface area contributed by atoms with Crippen molar-refractivity contribution in [2.75, 3.05) is 6.61 Å². The molecule has 0 spiro atoms. The molecule has 1 aromatic carbocycles. The van der Waals surface area contributed by atoms with E-state index in [1.165, 1.54) is 4.40 Å². The van der Waals surface area contributed by atoms with Crippen LogP contribution < -0.4 is 5.56 Å². The van der Waals surface area contributed by atoms with Gasteiger partial charge in [0.05, 0.1) is 10.9 Å². The molecule has 4 atom stereocenters. The van der Waals surface area contributed by atoms with Crippen LogP contribution in [0.4, 0.5) is 0 Å². The third-order valence-corrected chi connectivity index (χ3v) is 5.21. The Morgan fingerprint density at radius 2 is 1.38 bits per heavy atom. The van der Waals surface area contributed by atoms with E-state index in [2.05, 4.69) is 15.2 Å². The van der Waals surface area contributed by atoms with E-state index in [1.807, 2.05) is 0 Å². The Labute approximate surface area is 220 Å². The van der Waals surface area contributed by atoms with Gasteiger partial charge >= 0.3 is 29.8 Å². The molecular formula is C24H26N4O11. The molecule has 0 aliphatic heterocycles. The first-order valence-corrected chi connectivity index (χ1v) is 11.6. The number of rotatable bonds is 10. The summed E-state index contributed by atoms with van der Waals surface area (Å²) >= 11 is 0. The molecule has 0 bridgehead atoms. The number of fused-ring (bicyclic) bond motifs is 3. The van der Waals surface area contributed by atoms with Crippen LogP contribution in [0.5, 0.6) is 0 Å². The predicted octanol–water partition coefficient (Wildman–Crippen LogP) is 0.533. The Bertz CT molecular complexity index is 1480. The van der Waals surface area contributed by atoms with Crippen molar-refractivity contribution in [1.29, 1.82) is 0 Å². The molecule has 3 aromatic rings. The lowest BCUT2D eigenvalue weighted by molar-refractivity contribution is -0.204. The first-order chi connectivity index (χ1) is 18.4. The lowest BCUT2D eigenvalue weighted by Crippen LogP contribution is -2.50. The number of esters is 5. The highest BCUT2D eigenvalue weighted by Gasteiger charge is 2.46. The summed E-state index contributed by atoms with van der Waals surface area (Å²) in [5.41, 5.74) is -0.151. The lowest BCUT2D eigenvalue weighted by Gasteiger charge is -2.34. The van der Waals surface area contributed by atoms with Crippen molar-refractivity contribution in [3.05, 3.63) is 40.4 Å². The Balaban J connectivity index is 2.29. The molecule has 0 unspecified atom stereocenters. The number of nitrogens with one attached hydrogen (secondary N) is 1. The van der Waals surface area contributed by atoms with Crippen LogP contribution >= 0.6 is 0 Å². The molecule has 15 nitrogen and oxygen atoms in total. The number of nitrogens with zero attached hydrogens (tertiary/aromatic N) is 3. The van der Waals surface area contributed by atoms with E-state index in [0.717, 1.165) is 34.6 Å². The smallest absolute Gasteiger partial charge is 0.303 e. The summed E-state index contributed by atoms with van der Waals surface area (Å²) in [6.07, 6.45) is -6.50. The Morgan fingerprint density at radius 1 is 0.795 bits per heavy atom. The fourth-order valence-electron chi connectivity index (χ4n) is 3.92. The Morgan fingerprint density at radius 3 is 1.97 bits per heavy atom. The van der Waals surface area contributed by atoms with Crippen molar-refractivity contribution in [3.8, 4) is 0 Å². The predicted molar refractivity (Wildman–Crippen MR) is 129 cm³/mol. The molecule has 0 amide bonds. The number of aromatic amines is 1. The van der Waals surface area contributed by atoms with Crippen molar-refractivity contribution in [2.45, 2.75) is 59.0 Å². The molecule has 1 N–H and O–H groups in total. The zero-order valence-corrected chi connectivity index (χ0v) is 21.7. The SMILES string of the molecule is CC(=O)OC[C@@H](OC(C)=O)[C@@H](OC(C)=O)[C@H](OC(C)=O)[C@@H](OC(C)=O)c1nnc2[nH]c(=O)c3ccccc3n12. The van der Waals surface area contributed by atoms with Gasteiger partial charge in [0.1, 0.15) is 6.61 Å². The van der Waals surface area contributed by atoms with Crippen LogP contribution in [0, 0.1) is 0 Å². The molecule has 0 aliphatic carbocycles. The van der Waals surface area contributed by atoms with Crippen LogP contribution in [0.1, 0.15) is 46.5 Å². The minimum Gasteiger partial charge on any atom is -0.462 e. The number of H-pyrrole nitrogens is 1. The van der Waals surface area contributed by atoms with Crippen LogP contribution in [-0.4, -0.2) is 74.3 Å². The number of aromatic nitrogens is 4. The monoisotopic (exact) mass is 546 g/mol. The van der Waals surface area contributed by atoms with E-state index in [-0.39, 0.29) is 17.0 Å². The Hall–Kier alpha value is -4.82. The van der Waals surface area contributed by atoms with Gasteiger partial charge in [0.15, 0.2) is 24.1 Å². The van der Waals surface area contributed by atoms with E-state index >= 15 is 0 Å². The normalized spacial score (nSPS) is 14.1. The van der Waals surface area contributed by atoms with Gasteiger partial charge in [0.25, 0.3) is 5.56 Å². The summed E-state index contributed by atoms with van der Waals surface area (Å²) in [6, 6.07) is 6.41. The minimum absolute atomic E-state index is 0.0343. The summed E-state index contributed by atoms with van der Waals surface area (Å²) in [5.74, 6) is -4.39. The summed E-state index contributed by atoms with van der Waals surface area (Å²) in [4.78, 5) is 75.2. The second-order valence-corrected chi connectivity index (χ2v) is 8.32. The maximum absolute atomic E-state index is 12.5. The molecule has 2 heterocycles. The highest BCUT2D eigenvalue weighted by atomic mass is 16.6. The third kappa shape index (κ3) is 6.94. The average molecular weight is 546 g/mol. The number of hydrogen-bond acceptors (Lipinski definition) is 13. The van der Waals surface area contributed by atoms with Gasteiger partial charge in [-0.2, -0.15) is 0 Å². The molecule has 39 heavy (non-hydrogen) atoms. The molecule has 0 fully saturated rings. The molecule has 3 rings (SSSR count). The van der Waals surface area contributed by atoms with Crippen LogP contribution in [0.3, 0.4) is 0 Å². The molecular weight excluding hydrogens is 520 g/mol. The summed E-state index contributed by atoms with van der Waals surface area (Å²) < 4.78 is 28.0. The molecule has 2 aromatic heterocycles. The number of ether oxygens (including phenoxy) is 5. The van der Waals surface area contributed by atoms with Crippen molar-refractivity contribution in [1.82, 2.24) is 19.6 Å². The molecule has 0 saturated heterocycles.